The molecule has 0 radical (unpaired) electrons. The Balaban J connectivity index is 1.55. The van der Waals surface area contributed by atoms with Crippen molar-refractivity contribution in [3.8, 4) is 0 Å². The van der Waals surface area contributed by atoms with Gasteiger partial charge in [0.15, 0.2) is 5.79 Å². The molecule has 8 nitrogen and oxygen atoms in total. The van der Waals surface area contributed by atoms with E-state index in [1.165, 1.54) is 4.31 Å². The lowest BCUT2D eigenvalue weighted by molar-refractivity contribution is -0.179. The summed E-state index contributed by atoms with van der Waals surface area (Å²) in [4.78, 5) is 0. The van der Waals surface area contributed by atoms with Gasteiger partial charge in [0, 0.05) is 39.6 Å². The molecule has 1 atom stereocenters. The first-order chi connectivity index (χ1) is 11.0. The molecule has 1 spiro atoms. The molecule has 3 aliphatic heterocycles. The summed E-state index contributed by atoms with van der Waals surface area (Å²) in [6.07, 6.45) is 3.10. The molecule has 3 aliphatic rings. The van der Waals surface area contributed by atoms with Gasteiger partial charge in [0.1, 0.15) is 0 Å². The first kappa shape index (κ1) is 17.5. The minimum Gasteiger partial charge on any atom is -0.383 e. The molecule has 1 unspecified atom stereocenters. The maximum atomic E-state index is 12.6. The van der Waals surface area contributed by atoms with Gasteiger partial charge in [0.05, 0.1) is 25.4 Å². The van der Waals surface area contributed by atoms with Crippen LogP contribution >= 0.6 is 0 Å². The zero-order valence-corrected chi connectivity index (χ0v) is 14.5. The van der Waals surface area contributed by atoms with E-state index in [0.717, 1.165) is 19.4 Å². The fourth-order valence-electron chi connectivity index (χ4n) is 3.64. The molecule has 134 valence electrons. The Bertz CT molecular complexity index is 491. The van der Waals surface area contributed by atoms with Crippen LogP contribution in [0, 0.1) is 0 Å². The third-order valence-electron chi connectivity index (χ3n) is 4.98. The highest BCUT2D eigenvalue weighted by Gasteiger charge is 2.43. The van der Waals surface area contributed by atoms with Crippen LogP contribution in [0.1, 0.15) is 25.7 Å². The smallest absolute Gasteiger partial charge is 0.279 e. The number of hydrogen-bond donors (Lipinski definition) is 2. The summed E-state index contributed by atoms with van der Waals surface area (Å²) in [6, 6.07) is 0. The summed E-state index contributed by atoms with van der Waals surface area (Å²) in [5.41, 5.74) is -0.295. The molecule has 0 aromatic carbocycles. The molecule has 0 aliphatic carbocycles. The average molecular weight is 349 g/mol. The summed E-state index contributed by atoms with van der Waals surface area (Å²) in [7, 11) is -1.86. The SMILES string of the molecule is COCC1(CNS(=O)(=O)N2CCC3(CC2)OCCO3)CCCN1. The van der Waals surface area contributed by atoms with Gasteiger partial charge in [-0.1, -0.05) is 0 Å². The van der Waals surface area contributed by atoms with Crippen molar-refractivity contribution >= 4 is 10.2 Å². The number of hydrogen-bond acceptors (Lipinski definition) is 6. The Hall–Kier alpha value is -0.290. The number of nitrogens with zero attached hydrogens (tertiary/aromatic N) is 1. The second kappa shape index (κ2) is 6.91. The van der Waals surface area contributed by atoms with Crippen LogP contribution in [-0.4, -0.2) is 77.2 Å². The van der Waals surface area contributed by atoms with Gasteiger partial charge < -0.3 is 19.5 Å². The Labute approximate surface area is 138 Å². The van der Waals surface area contributed by atoms with E-state index >= 15 is 0 Å². The zero-order chi connectivity index (χ0) is 16.4. The zero-order valence-electron chi connectivity index (χ0n) is 13.7. The fraction of sp³-hybridized carbons (Fsp3) is 1.00. The molecule has 0 amide bonds. The van der Waals surface area contributed by atoms with Gasteiger partial charge in [-0.05, 0) is 19.4 Å². The van der Waals surface area contributed by atoms with Crippen molar-refractivity contribution in [2.24, 2.45) is 0 Å². The maximum Gasteiger partial charge on any atom is 0.279 e. The Morgan fingerprint density at radius 2 is 1.91 bits per heavy atom. The molecule has 3 rings (SSSR count). The van der Waals surface area contributed by atoms with E-state index in [-0.39, 0.29) is 5.54 Å². The molecular formula is C14H27N3O5S. The van der Waals surface area contributed by atoms with E-state index in [1.54, 1.807) is 7.11 Å². The van der Waals surface area contributed by atoms with Gasteiger partial charge >= 0.3 is 0 Å². The summed E-state index contributed by atoms with van der Waals surface area (Å²) in [5.74, 6) is -0.559. The molecule has 3 saturated heterocycles. The lowest BCUT2D eigenvalue weighted by atomic mass is 9.99. The van der Waals surface area contributed by atoms with Gasteiger partial charge in [-0.15, -0.1) is 0 Å². The first-order valence-corrected chi connectivity index (χ1v) is 9.70. The number of rotatable bonds is 6. The molecule has 3 heterocycles. The highest BCUT2D eigenvalue weighted by Crippen LogP contribution is 2.32. The van der Waals surface area contributed by atoms with E-state index < -0.39 is 16.0 Å². The van der Waals surface area contributed by atoms with Gasteiger partial charge in [-0.3, -0.25) is 0 Å². The highest BCUT2D eigenvalue weighted by atomic mass is 32.2. The Morgan fingerprint density at radius 1 is 1.22 bits per heavy atom. The first-order valence-electron chi connectivity index (χ1n) is 8.26. The lowest BCUT2D eigenvalue weighted by Gasteiger charge is -2.37. The monoisotopic (exact) mass is 349 g/mol. The van der Waals surface area contributed by atoms with Gasteiger partial charge in [-0.2, -0.15) is 12.7 Å². The standard InChI is InChI=1S/C14H27N3O5S/c1-20-12-13(3-2-6-15-13)11-16-23(18,19)17-7-4-14(5-8-17)21-9-10-22-14/h15-16H,2-12H2,1H3. The molecule has 0 bridgehead atoms. The van der Waals surface area contributed by atoms with Crippen molar-refractivity contribution < 1.29 is 22.6 Å². The molecule has 0 saturated carbocycles. The van der Waals surface area contributed by atoms with Crippen LogP contribution in [-0.2, 0) is 24.4 Å². The summed E-state index contributed by atoms with van der Waals surface area (Å²) in [6.45, 7) is 3.76. The van der Waals surface area contributed by atoms with Crippen molar-refractivity contribution in [3.05, 3.63) is 0 Å². The van der Waals surface area contributed by atoms with Crippen LogP contribution in [0.2, 0.25) is 0 Å². The van der Waals surface area contributed by atoms with Crippen molar-refractivity contribution in [2.45, 2.75) is 37.0 Å². The summed E-state index contributed by atoms with van der Waals surface area (Å²) in [5, 5.41) is 3.38. The normalized spacial score (nSPS) is 31.9. The second-order valence-electron chi connectivity index (χ2n) is 6.58. The van der Waals surface area contributed by atoms with Crippen LogP contribution in [0.25, 0.3) is 0 Å². The number of piperidine rings is 1. The molecule has 9 heteroatoms. The van der Waals surface area contributed by atoms with Crippen LogP contribution < -0.4 is 10.0 Å². The van der Waals surface area contributed by atoms with Crippen LogP contribution in [0.4, 0.5) is 0 Å². The van der Waals surface area contributed by atoms with E-state index in [0.29, 0.717) is 52.3 Å². The van der Waals surface area contributed by atoms with E-state index in [4.69, 9.17) is 14.2 Å². The highest BCUT2D eigenvalue weighted by molar-refractivity contribution is 7.87. The Morgan fingerprint density at radius 3 is 2.48 bits per heavy atom. The summed E-state index contributed by atoms with van der Waals surface area (Å²) < 4.78 is 45.9. The van der Waals surface area contributed by atoms with Crippen molar-refractivity contribution in [2.75, 3.05) is 53.1 Å². The minimum absolute atomic E-state index is 0.295. The topological polar surface area (TPSA) is 89.1 Å². The van der Waals surface area contributed by atoms with Crippen LogP contribution in [0.15, 0.2) is 0 Å². The third kappa shape index (κ3) is 3.87. The summed E-state index contributed by atoms with van der Waals surface area (Å²) >= 11 is 0. The van der Waals surface area contributed by atoms with Crippen LogP contribution in [0.5, 0.6) is 0 Å². The molecule has 0 aromatic heterocycles. The van der Waals surface area contributed by atoms with Gasteiger partial charge in [0.25, 0.3) is 10.2 Å². The van der Waals surface area contributed by atoms with Crippen molar-refractivity contribution in [1.82, 2.24) is 14.3 Å². The minimum atomic E-state index is -3.50. The number of nitrogens with one attached hydrogen (secondary N) is 2. The second-order valence-corrected chi connectivity index (χ2v) is 8.33. The number of ether oxygens (including phenoxy) is 3. The average Bonchev–Trinajstić information content (AvgIpc) is 3.17. The predicted molar refractivity (Wildman–Crippen MR) is 84.2 cm³/mol. The van der Waals surface area contributed by atoms with Crippen molar-refractivity contribution in [1.29, 1.82) is 0 Å². The molecule has 0 aromatic rings. The number of methoxy groups -OCH3 is 1. The molecular weight excluding hydrogens is 322 g/mol. The maximum absolute atomic E-state index is 12.6. The Kier molecular flexibility index (Phi) is 5.27. The van der Waals surface area contributed by atoms with E-state index in [2.05, 4.69) is 10.0 Å². The lowest BCUT2D eigenvalue weighted by Crippen LogP contribution is -2.56. The quantitative estimate of drug-likeness (QED) is 0.667. The fourth-order valence-corrected chi connectivity index (χ4v) is 4.95. The van der Waals surface area contributed by atoms with Gasteiger partial charge in [0.2, 0.25) is 0 Å². The van der Waals surface area contributed by atoms with Crippen LogP contribution in [0.3, 0.4) is 0 Å². The van der Waals surface area contributed by atoms with E-state index in [9.17, 15) is 8.42 Å². The van der Waals surface area contributed by atoms with Gasteiger partial charge in [-0.25, -0.2) is 4.72 Å². The molecule has 2 N–H and O–H groups in total. The van der Waals surface area contributed by atoms with E-state index in [1.807, 2.05) is 0 Å². The third-order valence-corrected chi connectivity index (χ3v) is 6.54. The largest absolute Gasteiger partial charge is 0.383 e. The molecule has 23 heavy (non-hydrogen) atoms. The van der Waals surface area contributed by atoms with Crippen molar-refractivity contribution in [3.63, 3.8) is 0 Å². The molecule has 3 fully saturated rings. The predicted octanol–water partition coefficient (Wildman–Crippen LogP) is -0.572.